The van der Waals surface area contributed by atoms with E-state index in [0.29, 0.717) is 25.9 Å². The van der Waals surface area contributed by atoms with Crippen LogP contribution >= 0.6 is 0 Å². The van der Waals surface area contributed by atoms with E-state index >= 15 is 0 Å². The minimum absolute atomic E-state index is 0.0787. The lowest BCUT2D eigenvalue weighted by Crippen LogP contribution is -2.41. The predicted octanol–water partition coefficient (Wildman–Crippen LogP) is 2.87. The van der Waals surface area contributed by atoms with Gasteiger partial charge in [-0.2, -0.15) is 0 Å². The van der Waals surface area contributed by atoms with Gasteiger partial charge in [-0.15, -0.1) is 10.2 Å². The summed E-state index contributed by atoms with van der Waals surface area (Å²) in [5.74, 6) is 1.96. The van der Waals surface area contributed by atoms with Crippen LogP contribution in [-0.4, -0.2) is 30.7 Å². The molecule has 27 heavy (non-hydrogen) atoms. The van der Waals surface area contributed by atoms with Crippen LogP contribution in [0.25, 0.3) is 0 Å². The van der Waals surface area contributed by atoms with Gasteiger partial charge in [0.05, 0.1) is 6.54 Å². The van der Waals surface area contributed by atoms with Gasteiger partial charge in [0.1, 0.15) is 17.6 Å². The molecule has 3 aromatic rings. The van der Waals surface area contributed by atoms with Crippen molar-refractivity contribution < 1.29 is 9.90 Å². The maximum absolute atomic E-state index is 12.9. The fourth-order valence-electron chi connectivity index (χ4n) is 3.62. The summed E-state index contributed by atoms with van der Waals surface area (Å²) in [5.41, 5.74) is 1.97. The number of hydrogen-bond donors (Lipinski definition) is 1. The second-order valence-electron chi connectivity index (χ2n) is 6.89. The lowest BCUT2D eigenvalue weighted by Gasteiger charge is -2.32. The molecule has 138 valence electrons. The molecule has 1 amide bonds. The number of amides is 1. The van der Waals surface area contributed by atoms with Gasteiger partial charge >= 0.3 is 0 Å². The van der Waals surface area contributed by atoms with Gasteiger partial charge in [-0.25, -0.2) is 0 Å². The summed E-state index contributed by atoms with van der Waals surface area (Å²) in [6, 6.07) is 16.9. The third-order valence-electron chi connectivity index (χ3n) is 5.05. The average molecular weight is 362 g/mol. The molecular formula is C21H22N4O2. The maximum Gasteiger partial charge on any atom is 0.246 e. The third kappa shape index (κ3) is 3.43. The fraction of sp³-hybridized carbons (Fsp3) is 0.286. The van der Waals surface area contributed by atoms with Crippen LogP contribution in [0.3, 0.4) is 0 Å². The number of rotatable bonds is 5. The Bertz CT molecular complexity index is 952. The normalized spacial score (nSPS) is 16.4. The van der Waals surface area contributed by atoms with Crippen molar-refractivity contribution in [3.63, 3.8) is 0 Å². The number of hydrogen-bond acceptors (Lipinski definition) is 4. The van der Waals surface area contributed by atoms with E-state index in [2.05, 4.69) is 10.2 Å². The molecule has 0 radical (unpaired) electrons. The van der Waals surface area contributed by atoms with Crippen molar-refractivity contribution in [2.24, 2.45) is 0 Å². The van der Waals surface area contributed by atoms with E-state index in [0.717, 1.165) is 22.8 Å². The number of aromatic nitrogens is 3. The highest BCUT2D eigenvalue weighted by Crippen LogP contribution is 2.25. The highest BCUT2D eigenvalue weighted by Gasteiger charge is 2.32. The number of phenolic OH excluding ortho intramolecular Hbond substituents is 1. The Kier molecular flexibility index (Phi) is 4.62. The van der Waals surface area contributed by atoms with Crippen LogP contribution in [0.5, 0.6) is 5.75 Å². The van der Waals surface area contributed by atoms with Crippen LogP contribution in [0.2, 0.25) is 0 Å². The minimum atomic E-state index is -0.327. The van der Waals surface area contributed by atoms with Gasteiger partial charge in [-0.05, 0) is 30.5 Å². The molecule has 1 aliphatic rings. The predicted molar refractivity (Wildman–Crippen MR) is 101 cm³/mol. The summed E-state index contributed by atoms with van der Waals surface area (Å²) in [4.78, 5) is 14.7. The van der Waals surface area contributed by atoms with Crippen molar-refractivity contribution in [1.29, 1.82) is 0 Å². The number of carbonyl (C=O) groups is 1. The van der Waals surface area contributed by atoms with Crippen LogP contribution in [0, 0.1) is 0 Å². The highest BCUT2D eigenvalue weighted by molar-refractivity contribution is 5.81. The molecule has 0 fully saturated rings. The van der Waals surface area contributed by atoms with Gasteiger partial charge in [-0.1, -0.05) is 48.5 Å². The van der Waals surface area contributed by atoms with Gasteiger partial charge in [-0.3, -0.25) is 4.79 Å². The lowest BCUT2D eigenvalue weighted by atomic mass is 10.1. The zero-order chi connectivity index (χ0) is 18.8. The van der Waals surface area contributed by atoms with E-state index in [1.807, 2.05) is 58.9 Å². The smallest absolute Gasteiger partial charge is 0.246 e. The largest absolute Gasteiger partial charge is 0.508 e. The number of aromatic hydroxyl groups is 1. The van der Waals surface area contributed by atoms with Gasteiger partial charge in [0.2, 0.25) is 5.91 Å². The number of fused-ring (bicyclic) bond motifs is 1. The standard InChI is InChI=1S/C21H22N4O2/c1-15-21(27)24(13-16-7-3-2-4-8-16)14-20-23-22-19(25(15)20)12-11-17-9-5-6-10-18(17)26/h2-10,15,26H,11-14H2,1H3/t15-/m0/s1. The number of aryl methyl sites for hydroxylation is 2. The Morgan fingerprint density at radius 3 is 2.56 bits per heavy atom. The van der Waals surface area contributed by atoms with E-state index in [9.17, 15) is 9.90 Å². The van der Waals surface area contributed by atoms with Gasteiger partial charge < -0.3 is 14.6 Å². The maximum atomic E-state index is 12.9. The molecule has 1 aliphatic heterocycles. The summed E-state index contributed by atoms with van der Waals surface area (Å²) in [7, 11) is 0. The summed E-state index contributed by atoms with van der Waals surface area (Å²) in [6.45, 7) is 2.93. The second-order valence-corrected chi connectivity index (χ2v) is 6.89. The molecule has 2 aromatic carbocycles. The second kappa shape index (κ2) is 7.23. The Morgan fingerprint density at radius 2 is 1.78 bits per heavy atom. The Labute approximate surface area is 158 Å². The molecule has 0 bridgehead atoms. The van der Waals surface area contributed by atoms with Crippen molar-refractivity contribution in [3.8, 4) is 5.75 Å². The molecular weight excluding hydrogens is 340 g/mol. The van der Waals surface area contributed by atoms with Crippen molar-refractivity contribution >= 4 is 5.91 Å². The lowest BCUT2D eigenvalue weighted by molar-refractivity contribution is -0.137. The Hall–Kier alpha value is -3.15. The summed E-state index contributed by atoms with van der Waals surface area (Å²) in [5, 5.41) is 18.6. The van der Waals surface area contributed by atoms with Crippen molar-refractivity contribution in [3.05, 3.63) is 77.4 Å². The number of phenols is 1. The third-order valence-corrected chi connectivity index (χ3v) is 5.05. The van der Waals surface area contributed by atoms with Crippen LogP contribution in [-0.2, 0) is 30.7 Å². The van der Waals surface area contributed by atoms with Crippen molar-refractivity contribution in [1.82, 2.24) is 19.7 Å². The Morgan fingerprint density at radius 1 is 1.04 bits per heavy atom. The molecule has 6 nitrogen and oxygen atoms in total. The van der Waals surface area contributed by atoms with Crippen LogP contribution in [0.1, 0.15) is 35.7 Å². The number of nitrogens with zero attached hydrogens (tertiary/aromatic N) is 4. The molecule has 0 saturated heterocycles. The summed E-state index contributed by atoms with van der Waals surface area (Å²) in [6.07, 6.45) is 1.28. The van der Waals surface area contributed by atoms with Crippen LogP contribution in [0.4, 0.5) is 0 Å². The number of benzene rings is 2. The molecule has 1 N–H and O–H groups in total. The van der Waals surface area contributed by atoms with Crippen LogP contribution in [0.15, 0.2) is 54.6 Å². The van der Waals surface area contributed by atoms with E-state index in [-0.39, 0.29) is 17.7 Å². The zero-order valence-electron chi connectivity index (χ0n) is 15.2. The molecule has 0 saturated carbocycles. The molecule has 0 unspecified atom stereocenters. The van der Waals surface area contributed by atoms with E-state index in [1.54, 1.807) is 12.1 Å². The van der Waals surface area contributed by atoms with Gasteiger partial charge in [0, 0.05) is 13.0 Å². The molecule has 4 rings (SSSR count). The zero-order valence-corrected chi connectivity index (χ0v) is 15.2. The SMILES string of the molecule is C[C@H]1C(=O)N(Cc2ccccc2)Cc2nnc(CCc3ccccc3O)n21. The van der Waals surface area contributed by atoms with Crippen LogP contribution < -0.4 is 0 Å². The first-order valence-electron chi connectivity index (χ1n) is 9.15. The highest BCUT2D eigenvalue weighted by atomic mass is 16.3. The first-order valence-corrected chi connectivity index (χ1v) is 9.15. The first-order chi connectivity index (χ1) is 13.1. The van der Waals surface area contributed by atoms with Crippen molar-refractivity contribution in [2.75, 3.05) is 0 Å². The topological polar surface area (TPSA) is 71.2 Å². The summed E-state index contributed by atoms with van der Waals surface area (Å²) >= 11 is 0. The molecule has 0 aliphatic carbocycles. The summed E-state index contributed by atoms with van der Waals surface area (Å²) < 4.78 is 1.95. The molecule has 6 heteroatoms. The minimum Gasteiger partial charge on any atom is -0.508 e. The monoisotopic (exact) mass is 362 g/mol. The molecule has 1 atom stereocenters. The van der Waals surface area contributed by atoms with Gasteiger partial charge in [0.25, 0.3) is 0 Å². The van der Waals surface area contributed by atoms with Crippen molar-refractivity contribution in [2.45, 2.75) is 38.9 Å². The van der Waals surface area contributed by atoms with E-state index in [1.165, 1.54) is 0 Å². The van der Waals surface area contributed by atoms with E-state index in [4.69, 9.17) is 0 Å². The first kappa shape index (κ1) is 17.3. The molecule has 1 aromatic heterocycles. The average Bonchev–Trinajstić information content (AvgIpc) is 3.09. The number of carbonyl (C=O) groups excluding carboxylic acids is 1. The van der Waals surface area contributed by atoms with E-state index < -0.39 is 0 Å². The molecule has 0 spiro atoms. The Balaban J connectivity index is 1.52. The quantitative estimate of drug-likeness (QED) is 0.758. The molecule has 2 heterocycles. The van der Waals surface area contributed by atoms with Gasteiger partial charge in [0.15, 0.2) is 5.82 Å². The fourth-order valence-corrected chi connectivity index (χ4v) is 3.62. The number of para-hydroxylation sites is 1.